The molecule has 0 aliphatic heterocycles. The van der Waals surface area contributed by atoms with Gasteiger partial charge in [0.15, 0.2) is 0 Å². The van der Waals surface area contributed by atoms with Crippen LogP contribution in [0.5, 0.6) is 0 Å². The van der Waals surface area contributed by atoms with Gasteiger partial charge < -0.3 is 0 Å². The lowest BCUT2D eigenvalue weighted by molar-refractivity contribution is -0.393. The molecule has 0 radical (unpaired) electrons. The van der Waals surface area contributed by atoms with Gasteiger partial charge in [0, 0.05) is 12.1 Å². The second kappa shape index (κ2) is 6.57. The van der Waals surface area contributed by atoms with Gasteiger partial charge >= 0.3 is 10.7 Å². The van der Waals surface area contributed by atoms with E-state index < -0.39 is 26.1 Å². The molecule has 0 saturated heterocycles. The third-order valence-corrected chi connectivity index (χ3v) is 3.53. The molecule has 2 rings (SSSR count). The van der Waals surface area contributed by atoms with Crippen molar-refractivity contribution in [1.82, 2.24) is 0 Å². The molecule has 0 aliphatic carbocycles. The van der Waals surface area contributed by atoms with Crippen LogP contribution in [0.4, 0.5) is 22.1 Å². The van der Waals surface area contributed by atoms with Crippen molar-refractivity contribution in [2.75, 3.05) is 5.43 Å². The van der Waals surface area contributed by atoms with Gasteiger partial charge in [-0.2, -0.15) is 5.10 Å². The standard InChI is InChI=1S/C11H7N5O6S/c17-14(18)7-1-3-9(10(5-7)15(19)20)13-12-6-8-2-4-11(23-8)16(21)22/h1-6,13H/b12-6+. The third kappa shape index (κ3) is 3.82. The Morgan fingerprint density at radius 2 is 1.74 bits per heavy atom. The number of hydrogen-bond donors (Lipinski definition) is 1. The first kappa shape index (κ1) is 16.0. The van der Waals surface area contributed by atoms with Crippen LogP contribution in [0.1, 0.15) is 4.88 Å². The first-order valence-electron chi connectivity index (χ1n) is 5.84. The molecule has 0 aliphatic rings. The Hall–Kier alpha value is -3.41. The van der Waals surface area contributed by atoms with Crippen molar-refractivity contribution in [3.63, 3.8) is 0 Å². The SMILES string of the molecule is O=[N+]([O-])c1ccc(N/N=C/c2ccc([N+](=O)[O-])s2)c([N+](=O)[O-])c1. The fourth-order valence-corrected chi connectivity index (χ4v) is 2.25. The largest absolute Gasteiger partial charge is 0.324 e. The van der Waals surface area contributed by atoms with E-state index in [9.17, 15) is 30.3 Å². The van der Waals surface area contributed by atoms with Crippen LogP contribution in [0.2, 0.25) is 0 Å². The molecule has 23 heavy (non-hydrogen) atoms. The van der Waals surface area contributed by atoms with Crippen LogP contribution in [-0.4, -0.2) is 21.0 Å². The number of nitrogens with zero attached hydrogens (tertiary/aromatic N) is 4. The maximum Gasteiger partial charge on any atom is 0.324 e. The van der Waals surface area contributed by atoms with E-state index in [1.807, 2.05) is 0 Å². The molecule has 1 aromatic carbocycles. The minimum absolute atomic E-state index is 0.0390. The summed E-state index contributed by atoms with van der Waals surface area (Å²) in [4.78, 5) is 30.5. The molecule has 0 bridgehead atoms. The molecule has 0 amide bonds. The minimum atomic E-state index is -0.777. The predicted octanol–water partition coefficient (Wildman–Crippen LogP) is 2.92. The van der Waals surface area contributed by atoms with E-state index >= 15 is 0 Å². The summed E-state index contributed by atoms with van der Waals surface area (Å²) in [6, 6.07) is 5.84. The molecule has 0 saturated carbocycles. The van der Waals surface area contributed by atoms with E-state index in [1.54, 1.807) is 0 Å². The van der Waals surface area contributed by atoms with E-state index in [-0.39, 0.29) is 10.7 Å². The van der Waals surface area contributed by atoms with Crippen molar-refractivity contribution >= 4 is 39.6 Å². The number of nitrogens with one attached hydrogen (secondary N) is 1. The molecule has 1 heterocycles. The molecular formula is C11H7N5O6S. The first-order valence-corrected chi connectivity index (χ1v) is 6.66. The van der Waals surface area contributed by atoms with Gasteiger partial charge in [-0.15, -0.1) is 0 Å². The molecule has 12 heteroatoms. The molecule has 1 aromatic heterocycles. The van der Waals surface area contributed by atoms with Crippen LogP contribution in [0.15, 0.2) is 35.4 Å². The molecule has 0 spiro atoms. The number of nitro benzene ring substituents is 2. The van der Waals surface area contributed by atoms with Crippen LogP contribution in [-0.2, 0) is 0 Å². The van der Waals surface area contributed by atoms with Gasteiger partial charge in [0.1, 0.15) is 5.69 Å². The van der Waals surface area contributed by atoms with E-state index in [0.29, 0.717) is 4.88 Å². The molecular weight excluding hydrogens is 330 g/mol. The van der Waals surface area contributed by atoms with Crippen molar-refractivity contribution in [1.29, 1.82) is 0 Å². The lowest BCUT2D eigenvalue weighted by Gasteiger charge is -2.01. The van der Waals surface area contributed by atoms with Gasteiger partial charge in [0.2, 0.25) is 0 Å². The zero-order valence-corrected chi connectivity index (χ0v) is 11.9. The lowest BCUT2D eigenvalue weighted by atomic mass is 10.2. The summed E-state index contributed by atoms with van der Waals surface area (Å²) in [5.41, 5.74) is 1.43. The first-order chi connectivity index (χ1) is 10.9. The summed E-state index contributed by atoms with van der Waals surface area (Å²) in [5.74, 6) is 0. The number of non-ortho nitro benzene ring substituents is 1. The van der Waals surface area contributed by atoms with Gasteiger partial charge in [-0.05, 0) is 12.1 Å². The molecule has 1 N–H and O–H groups in total. The van der Waals surface area contributed by atoms with Gasteiger partial charge in [-0.25, -0.2) is 0 Å². The summed E-state index contributed by atoms with van der Waals surface area (Å²) < 4.78 is 0. The number of nitro groups is 3. The normalized spacial score (nSPS) is 10.6. The van der Waals surface area contributed by atoms with Crippen LogP contribution in [0.25, 0.3) is 0 Å². The van der Waals surface area contributed by atoms with Crippen molar-refractivity contribution in [2.45, 2.75) is 0 Å². The Morgan fingerprint density at radius 3 is 2.30 bits per heavy atom. The summed E-state index contributed by atoms with van der Waals surface area (Å²) >= 11 is 0.881. The summed E-state index contributed by atoms with van der Waals surface area (Å²) in [6.45, 7) is 0. The third-order valence-electron chi connectivity index (χ3n) is 2.56. The number of anilines is 1. The second-order valence-electron chi connectivity index (χ2n) is 4.02. The van der Waals surface area contributed by atoms with Crippen molar-refractivity contribution in [2.24, 2.45) is 5.10 Å². The molecule has 0 unspecified atom stereocenters. The maximum absolute atomic E-state index is 10.9. The van der Waals surface area contributed by atoms with E-state index in [0.717, 1.165) is 29.5 Å². The van der Waals surface area contributed by atoms with Crippen molar-refractivity contribution in [3.05, 3.63) is 65.6 Å². The van der Waals surface area contributed by atoms with Gasteiger partial charge in [0.05, 0.1) is 31.9 Å². The topological polar surface area (TPSA) is 154 Å². The maximum atomic E-state index is 10.9. The average Bonchev–Trinajstić information content (AvgIpc) is 2.96. The molecule has 0 atom stereocenters. The highest BCUT2D eigenvalue weighted by molar-refractivity contribution is 7.16. The highest BCUT2D eigenvalue weighted by atomic mass is 32.1. The summed E-state index contributed by atoms with van der Waals surface area (Å²) in [5, 5.41) is 35.8. The minimum Gasteiger partial charge on any atom is -0.272 e. The number of rotatable bonds is 6. The Bertz CT molecular complexity index is 817. The number of benzene rings is 1. The van der Waals surface area contributed by atoms with Crippen LogP contribution < -0.4 is 5.43 Å². The lowest BCUT2D eigenvalue weighted by Crippen LogP contribution is -1.98. The van der Waals surface area contributed by atoms with Crippen LogP contribution >= 0.6 is 11.3 Å². The smallest absolute Gasteiger partial charge is 0.272 e. The summed E-state index contributed by atoms with van der Waals surface area (Å²) in [6.07, 6.45) is 1.25. The van der Waals surface area contributed by atoms with Crippen LogP contribution in [0.3, 0.4) is 0 Å². The fourth-order valence-electron chi connectivity index (χ4n) is 1.55. The highest BCUT2D eigenvalue weighted by Gasteiger charge is 2.19. The second-order valence-corrected chi connectivity index (χ2v) is 5.11. The number of thiophene rings is 1. The summed E-state index contributed by atoms with van der Waals surface area (Å²) in [7, 11) is 0. The molecule has 0 fully saturated rings. The van der Waals surface area contributed by atoms with Gasteiger partial charge in [0.25, 0.3) is 5.69 Å². The quantitative estimate of drug-likeness (QED) is 0.482. The Balaban J connectivity index is 2.18. The predicted molar refractivity (Wildman–Crippen MR) is 81.9 cm³/mol. The van der Waals surface area contributed by atoms with Gasteiger partial charge in [-0.3, -0.25) is 35.8 Å². The monoisotopic (exact) mass is 337 g/mol. The van der Waals surface area contributed by atoms with Crippen molar-refractivity contribution < 1.29 is 14.8 Å². The number of hydrazone groups is 1. The molecule has 11 nitrogen and oxygen atoms in total. The molecule has 118 valence electrons. The van der Waals surface area contributed by atoms with Gasteiger partial charge in [-0.1, -0.05) is 11.3 Å². The molecule has 2 aromatic rings. The van der Waals surface area contributed by atoms with Crippen molar-refractivity contribution in [3.8, 4) is 0 Å². The van der Waals surface area contributed by atoms with Crippen LogP contribution in [0, 0.1) is 30.3 Å². The Kier molecular flexibility index (Phi) is 4.56. The number of hydrogen-bond acceptors (Lipinski definition) is 9. The Morgan fingerprint density at radius 1 is 1.00 bits per heavy atom. The zero-order valence-electron chi connectivity index (χ0n) is 11.1. The highest BCUT2D eigenvalue weighted by Crippen LogP contribution is 2.29. The Labute approximate surface area is 131 Å². The zero-order chi connectivity index (χ0) is 17.0. The average molecular weight is 337 g/mol. The van der Waals surface area contributed by atoms with E-state index in [1.165, 1.54) is 18.3 Å². The van der Waals surface area contributed by atoms with E-state index in [4.69, 9.17) is 0 Å². The van der Waals surface area contributed by atoms with E-state index in [2.05, 4.69) is 10.5 Å². The fraction of sp³-hybridized carbons (Fsp3) is 0.